The Kier molecular flexibility index (Phi) is 2.92. The van der Waals surface area contributed by atoms with Gasteiger partial charge in [0.05, 0.1) is 17.3 Å². The zero-order chi connectivity index (χ0) is 13.6. The molecule has 0 amide bonds. The molecule has 2 heterocycles. The maximum Gasteiger partial charge on any atom is 0.168 e. The van der Waals surface area contributed by atoms with Gasteiger partial charge in [-0.3, -0.25) is 0 Å². The SMILES string of the molecule is Cc1nc(Cl)c2cnn(-c3ccc(C)c(Cl)c3)c2n1. The van der Waals surface area contributed by atoms with Crippen LogP contribution in [0.4, 0.5) is 0 Å². The first-order valence-electron chi connectivity index (χ1n) is 5.70. The highest BCUT2D eigenvalue weighted by Gasteiger charge is 2.11. The van der Waals surface area contributed by atoms with Crippen molar-refractivity contribution in [3.05, 3.63) is 46.0 Å². The lowest BCUT2D eigenvalue weighted by Gasteiger charge is -2.05. The number of aryl methyl sites for hydroxylation is 2. The summed E-state index contributed by atoms with van der Waals surface area (Å²) < 4.78 is 1.71. The minimum Gasteiger partial charge on any atom is -0.221 e. The molecule has 4 nitrogen and oxygen atoms in total. The summed E-state index contributed by atoms with van der Waals surface area (Å²) in [5.74, 6) is 0.609. The van der Waals surface area contributed by atoms with Gasteiger partial charge in [0.1, 0.15) is 11.0 Å². The molecular weight excluding hydrogens is 283 g/mol. The molecule has 3 rings (SSSR count). The summed E-state index contributed by atoms with van der Waals surface area (Å²) in [7, 11) is 0. The summed E-state index contributed by atoms with van der Waals surface area (Å²) in [4.78, 5) is 8.50. The van der Waals surface area contributed by atoms with E-state index in [0.29, 0.717) is 21.6 Å². The molecule has 0 fully saturated rings. The smallest absolute Gasteiger partial charge is 0.168 e. The Labute approximate surface area is 120 Å². The third kappa shape index (κ3) is 2.07. The Hall–Kier alpha value is -1.65. The molecule has 0 spiro atoms. The van der Waals surface area contributed by atoms with Gasteiger partial charge in [0.15, 0.2) is 5.65 Å². The van der Waals surface area contributed by atoms with Gasteiger partial charge in [-0.15, -0.1) is 0 Å². The number of fused-ring (bicyclic) bond motifs is 1. The molecule has 0 aliphatic carbocycles. The van der Waals surface area contributed by atoms with E-state index in [1.54, 1.807) is 17.8 Å². The monoisotopic (exact) mass is 292 g/mol. The number of benzene rings is 1. The van der Waals surface area contributed by atoms with Gasteiger partial charge >= 0.3 is 0 Å². The van der Waals surface area contributed by atoms with Crippen LogP contribution in [0, 0.1) is 13.8 Å². The van der Waals surface area contributed by atoms with Gasteiger partial charge in [0, 0.05) is 5.02 Å². The van der Waals surface area contributed by atoms with E-state index in [1.165, 1.54) is 0 Å². The summed E-state index contributed by atoms with van der Waals surface area (Å²) >= 11 is 12.2. The van der Waals surface area contributed by atoms with Gasteiger partial charge in [0.25, 0.3) is 0 Å². The molecule has 0 unspecified atom stereocenters. The third-order valence-corrected chi connectivity index (χ3v) is 3.59. The molecule has 96 valence electrons. The van der Waals surface area contributed by atoms with Crippen molar-refractivity contribution in [3.8, 4) is 5.69 Å². The van der Waals surface area contributed by atoms with Gasteiger partial charge in [-0.1, -0.05) is 29.3 Å². The first-order chi connectivity index (χ1) is 9.06. The summed E-state index contributed by atoms with van der Waals surface area (Å²) in [6.07, 6.45) is 1.66. The van der Waals surface area contributed by atoms with Crippen LogP contribution >= 0.6 is 23.2 Å². The zero-order valence-corrected chi connectivity index (χ0v) is 11.9. The van der Waals surface area contributed by atoms with Crippen molar-refractivity contribution in [2.75, 3.05) is 0 Å². The molecule has 0 saturated carbocycles. The first kappa shape index (κ1) is 12.4. The summed E-state index contributed by atoms with van der Waals surface area (Å²) in [5, 5.41) is 6.14. The maximum absolute atomic E-state index is 6.14. The van der Waals surface area contributed by atoms with Crippen LogP contribution in [0.1, 0.15) is 11.4 Å². The lowest BCUT2D eigenvalue weighted by molar-refractivity contribution is 0.889. The molecule has 0 atom stereocenters. The second-order valence-electron chi connectivity index (χ2n) is 4.29. The molecule has 0 bridgehead atoms. The quantitative estimate of drug-likeness (QED) is 0.642. The molecule has 19 heavy (non-hydrogen) atoms. The van der Waals surface area contributed by atoms with Crippen LogP contribution in [-0.2, 0) is 0 Å². The van der Waals surface area contributed by atoms with Gasteiger partial charge < -0.3 is 0 Å². The maximum atomic E-state index is 6.14. The van der Waals surface area contributed by atoms with Gasteiger partial charge in [-0.25, -0.2) is 14.6 Å². The fraction of sp³-hybridized carbons (Fsp3) is 0.154. The van der Waals surface area contributed by atoms with Crippen LogP contribution in [0.15, 0.2) is 24.4 Å². The Morgan fingerprint density at radius 2 is 1.89 bits per heavy atom. The van der Waals surface area contributed by atoms with E-state index in [2.05, 4.69) is 15.1 Å². The molecule has 0 saturated heterocycles. The van der Waals surface area contributed by atoms with E-state index in [0.717, 1.165) is 16.6 Å². The van der Waals surface area contributed by atoms with E-state index in [1.807, 2.05) is 25.1 Å². The van der Waals surface area contributed by atoms with Crippen molar-refractivity contribution in [3.63, 3.8) is 0 Å². The number of halogens is 2. The number of hydrogen-bond donors (Lipinski definition) is 0. The zero-order valence-electron chi connectivity index (χ0n) is 10.4. The molecule has 0 aliphatic heterocycles. The predicted molar refractivity (Wildman–Crippen MR) is 76.2 cm³/mol. The topological polar surface area (TPSA) is 43.6 Å². The molecular formula is C13H10Cl2N4. The van der Waals surface area contributed by atoms with Crippen LogP contribution in [0.25, 0.3) is 16.7 Å². The fourth-order valence-corrected chi connectivity index (χ4v) is 2.31. The van der Waals surface area contributed by atoms with Crippen LogP contribution < -0.4 is 0 Å². The lowest BCUT2D eigenvalue weighted by Crippen LogP contribution is -1.99. The Balaban J connectivity index is 2.28. The standard InChI is InChI=1S/C13H10Cl2N4/c1-7-3-4-9(5-11(7)14)19-13-10(6-16-19)12(15)17-8(2)18-13/h3-6H,1-2H3. The van der Waals surface area contributed by atoms with E-state index >= 15 is 0 Å². The van der Waals surface area contributed by atoms with Crippen molar-refractivity contribution in [1.82, 2.24) is 19.7 Å². The van der Waals surface area contributed by atoms with Crippen LogP contribution in [0.2, 0.25) is 10.2 Å². The summed E-state index contributed by atoms with van der Waals surface area (Å²) in [6.45, 7) is 3.75. The molecule has 6 heteroatoms. The summed E-state index contributed by atoms with van der Waals surface area (Å²) in [6, 6.07) is 5.74. The van der Waals surface area contributed by atoms with E-state index in [9.17, 15) is 0 Å². The van der Waals surface area contributed by atoms with E-state index < -0.39 is 0 Å². The fourth-order valence-electron chi connectivity index (χ4n) is 1.88. The van der Waals surface area contributed by atoms with E-state index in [-0.39, 0.29) is 0 Å². The normalized spacial score (nSPS) is 11.2. The molecule has 1 aromatic carbocycles. The average molecular weight is 293 g/mol. The number of aromatic nitrogens is 4. The van der Waals surface area contributed by atoms with Crippen LogP contribution in [-0.4, -0.2) is 19.7 Å². The second-order valence-corrected chi connectivity index (χ2v) is 5.05. The molecule has 3 aromatic rings. The third-order valence-electron chi connectivity index (χ3n) is 2.89. The number of hydrogen-bond acceptors (Lipinski definition) is 3. The number of rotatable bonds is 1. The summed E-state index contributed by atoms with van der Waals surface area (Å²) in [5.41, 5.74) is 2.54. The Morgan fingerprint density at radius 3 is 2.63 bits per heavy atom. The molecule has 0 N–H and O–H groups in total. The molecule has 0 radical (unpaired) electrons. The Bertz CT molecular complexity index is 780. The van der Waals surface area contributed by atoms with E-state index in [4.69, 9.17) is 23.2 Å². The highest BCUT2D eigenvalue weighted by molar-refractivity contribution is 6.34. The highest BCUT2D eigenvalue weighted by atomic mass is 35.5. The van der Waals surface area contributed by atoms with Crippen molar-refractivity contribution >= 4 is 34.2 Å². The van der Waals surface area contributed by atoms with Crippen molar-refractivity contribution in [1.29, 1.82) is 0 Å². The molecule has 0 aliphatic rings. The van der Waals surface area contributed by atoms with Gasteiger partial charge in [-0.05, 0) is 31.5 Å². The minimum absolute atomic E-state index is 0.409. The highest BCUT2D eigenvalue weighted by Crippen LogP contribution is 2.24. The van der Waals surface area contributed by atoms with Gasteiger partial charge in [0.2, 0.25) is 0 Å². The second kappa shape index (κ2) is 4.47. The van der Waals surface area contributed by atoms with Crippen molar-refractivity contribution in [2.45, 2.75) is 13.8 Å². The lowest BCUT2D eigenvalue weighted by atomic mass is 10.2. The average Bonchev–Trinajstić information content (AvgIpc) is 2.76. The molecule has 2 aromatic heterocycles. The predicted octanol–water partition coefficient (Wildman–Crippen LogP) is 3.74. The Morgan fingerprint density at radius 1 is 1.11 bits per heavy atom. The van der Waals surface area contributed by atoms with Gasteiger partial charge in [-0.2, -0.15) is 5.10 Å². The number of nitrogens with zero attached hydrogens (tertiary/aromatic N) is 4. The van der Waals surface area contributed by atoms with Crippen LogP contribution in [0.5, 0.6) is 0 Å². The first-order valence-corrected chi connectivity index (χ1v) is 6.46. The minimum atomic E-state index is 0.409. The van der Waals surface area contributed by atoms with Crippen LogP contribution in [0.3, 0.4) is 0 Å². The van der Waals surface area contributed by atoms with Crippen molar-refractivity contribution < 1.29 is 0 Å². The van der Waals surface area contributed by atoms with Crippen molar-refractivity contribution in [2.24, 2.45) is 0 Å². The largest absolute Gasteiger partial charge is 0.221 e.